The van der Waals surface area contributed by atoms with Crippen molar-refractivity contribution in [2.75, 3.05) is 11.6 Å². The Bertz CT molecular complexity index is 1640. The molecule has 0 aliphatic rings. The van der Waals surface area contributed by atoms with Crippen LogP contribution in [0.25, 0.3) is 10.9 Å². The van der Waals surface area contributed by atoms with E-state index in [1.807, 2.05) is 20.8 Å². The maximum absolute atomic E-state index is 15.3. The molecule has 2 aromatic heterocycles. The van der Waals surface area contributed by atoms with Crippen molar-refractivity contribution < 1.29 is 26.7 Å². The summed E-state index contributed by atoms with van der Waals surface area (Å²) in [5.74, 6) is -2.41. The third-order valence-electron chi connectivity index (χ3n) is 5.82. The minimum Gasteiger partial charge on any atom is -0.456 e. The molecule has 1 amide bonds. The van der Waals surface area contributed by atoms with Gasteiger partial charge in [0.25, 0.3) is 0 Å². The molecule has 0 atom stereocenters. The van der Waals surface area contributed by atoms with Gasteiger partial charge in [-0.3, -0.25) is 14.5 Å². The SMILES string of the molecule is Cc1c(Oc2ccnc3ccc(CS(C)(=O)=O)cc23)cc(F)c(CC(=O)Nc2cnn(C(C)(C)C)c2)c1F. The summed E-state index contributed by atoms with van der Waals surface area (Å²) in [7, 11) is -3.27. The molecule has 0 bridgehead atoms. The van der Waals surface area contributed by atoms with Gasteiger partial charge in [-0.15, -0.1) is 0 Å². The molecule has 4 rings (SSSR count). The smallest absolute Gasteiger partial charge is 0.229 e. The molecule has 1 N–H and O–H groups in total. The zero-order valence-corrected chi connectivity index (χ0v) is 22.5. The van der Waals surface area contributed by atoms with Gasteiger partial charge in [0.1, 0.15) is 23.1 Å². The lowest BCUT2D eigenvalue weighted by Gasteiger charge is -2.18. The van der Waals surface area contributed by atoms with Crippen molar-refractivity contribution in [3.05, 3.63) is 77.2 Å². The summed E-state index contributed by atoms with van der Waals surface area (Å²) in [6.07, 6.45) is 5.21. The van der Waals surface area contributed by atoms with Gasteiger partial charge in [0, 0.05) is 41.2 Å². The highest BCUT2D eigenvalue weighted by Crippen LogP contribution is 2.34. The highest BCUT2D eigenvalue weighted by molar-refractivity contribution is 7.89. The fourth-order valence-corrected chi connectivity index (χ4v) is 4.69. The number of rotatable bonds is 7. The molecule has 11 heteroatoms. The summed E-state index contributed by atoms with van der Waals surface area (Å²) < 4.78 is 61.3. The first-order valence-electron chi connectivity index (χ1n) is 11.8. The molecular formula is C27H28F2N4O4S. The summed E-state index contributed by atoms with van der Waals surface area (Å²) in [6.45, 7) is 7.28. The molecule has 4 aromatic rings. The molecule has 2 heterocycles. The van der Waals surface area contributed by atoms with Crippen LogP contribution in [0.3, 0.4) is 0 Å². The topological polar surface area (TPSA) is 103 Å². The van der Waals surface area contributed by atoms with Crippen molar-refractivity contribution in [3.8, 4) is 11.5 Å². The quantitative estimate of drug-likeness (QED) is 0.340. The second-order valence-corrected chi connectivity index (χ2v) is 12.3. The Balaban J connectivity index is 1.58. The lowest BCUT2D eigenvalue weighted by molar-refractivity contribution is -0.115. The number of amides is 1. The molecule has 0 saturated carbocycles. The first kappa shape index (κ1) is 27.2. The first-order valence-corrected chi connectivity index (χ1v) is 13.8. The van der Waals surface area contributed by atoms with Crippen LogP contribution in [0.5, 0.6) is 11.5 Å². The molecule has 0 spiro atoms. The number of ether oxygens (including phenoxy) is 1. The summed E-state index contributed by atoms with van der Waals surface area (Å²) >= 11 is 0. The lowest BCUT2D eigenvalue weighted by atomic mass is 10.0. The number of carbonyl (C=O) groups excluding carboxylic acids is 1. The number of nitrogens with one attached hydrogen (secondary N) is 1. The number of hydrogen-bond donors (Lipinski definition) is 1. The molecule has 0 unspecified atom stereocenters. The van der Waals surface area contributed by atoms with Gasteiger partial charge in [-0.2, -0.15) is 5.10 Å². The Morgan fingerprint density at radius 2 is 1.87 bits per heavy atom. The summed E-state index contributed by atoms with van der Waals surface area (Å²) in [5, 5.41) is 7.31. The summed E-state index contributed by atoms with van der Waals surface area (Å²) in [5.41, 5.74) is 0.825. The van der Waals surface area contributed by atoms with Gasteiger partial charge in [0.15, 0.2) is 9.84 Å². The van der Waals surface area contributed by atoms with Crippen LogP contribution in [0.15, 0.2) is 48.9 Å². The predicted molar refractivity (Wildman–Crippen MR) is 141 cm³/mol. The van der Waals surface area contributed by atoms with E-state index in [9.17, 15) is 13.2 Å². The predicted octanol–water partition coefficient (Wildman–Crippen LogP) is 5.29. The first-order chi connectivity index (χ1) is 17.7. The fraction of sp³-hybridized carbons (Fsp3) is 0.296. The van der Waals surface area contributed by atoms with Gasteiger partial charge in [-0.1, -0.05) is 6.07 Å². The highest BCUT2D eigenvalue weighted by atomic mass is 32.2. The van der Waals surface area contributed by atoms with Crippen LogP contribution in [0.2, 0.25) is 0 Å². The van der Waals surface area contributed by atoms with Crippen LogP contribution < -0.4 is 10.1 Å². The number of hydrogen-bond acceptors (Lipinski definition) is 6. The molecule has 2 aromatic carbocycles. The van der Waals surface area contributed by atoms with Crippen molar-refractivity contribution in [2.24, 2.45) is 0 Å². The zero-order chi connectivity index (χ0) is 27.8. The van der Waals surface area contributed by atoms with E-state index in [4.69, 9.17) is 4.74 Å². The van der Waals surface area contributed by atoms with Gasteiger partial charge >= 0.3 is 0 Å². The average Bonchev–Trinajstić information content (AvgIpc) is 3.28. The maximum atomic E-state index is 15.3. The van der Waals surface area contributed by atoms with E-state index in [1.165, 1.54) is 25.4 Å². The van der Waals surface area contributed by atoms with Crippen molar-refractivity contribution >= 4 is 32.3 Å². The lowest BCUT2D eigenvalue weighted by Crippen LogP contribution is -2.22. The van der Waals surface area contributed by atoms with Crippen LogP contribution in [0.1, 0.15) is 37.5 Å². The molecule has 0 aliphatic heterocycles. The van der Waals surface area contributed by atoms with Crippen LogP contribution in [0, 0.1) is 18.6 Å². The number of aromatic nitrogens is 3. The Morgan fingerprint density at radius 1 is 1.13 bits per heavy atom. The third kappa shape index (κ3) is 6.16. The fourth-order valence-electron chi connectivity index (χ4n) is 3.91. The van der Waals surface area contributed by atoms with Crippen LogP contribution in [-0.2, 0) is 32.3 Å². The van der Waals surface area contributed by atoms with E-state index >= 15 is 8.78 Å². The number of nitrogens with zero attached hydrogens (tertiary/aromatic N) is 3. The second-order valence-electron chi connectivity index (χ2n) is 10.2. The minimum atomic E-state index is -3.27. The monoisotopic (exact) mass is 542 g/mol. The van der Waals surface area contributed by atoms with Crippen molar-refractivity contribution in [2.45, 2.75) is 45.4 Å². The van der Waals surface area contributed by atoms with Gasteiger partial charge in [0.2, 0.25) is 5.91 Å². The number of fused-ring (bicyclic) bond motifs is 1. The van der Waals surface area contributed by atoms with E-state index in [1.54, 1.807) is 29.1 Å². The number of pyridine rings is 1. The largest absolute Gasteiger partial charge is 0.456 e. The van der Waals surface area contributed by atoms with E-state index < -0.39 is 33.8 Å². The Kier molecular flexibility index (Phi) is 7.24. The Labute approximate surface area is 219 Å². The zero-order valence-electron chi connectivity index (χ0n) is 21.7. The van der Waals surface area contributed by atoms with Crippen molar-refractivity contribution in [1.82, 2.24) is 14.8 Å². The Morgan fingerprint density at radius 3 is 2.53 bits per heavy atom. The van der Waals surface area contributed by atoms with Crippen LogP contribution in [-0.4, -0.2) is 35.3 Å². The second kappa shape index (κ2) is 10.1. The number of benzene rings is 2. The molecule has 0 radical (unpaired) electrons. The van der Waals surface area contributed by atoms with Gasteiger partial charge < -0.3 is 10.1 Å². The Hall–Kier alpha value is -3.86. The van der Waals surface area contributed by atoms with E-state index in [2.05, 4.69) is 15.4 Å². The summed E-state index contributed by atoms with van der Waals surface area (Å²) in [6, 6.07) is 7.50. The molecular weight excluding hydrogens is 514 g/mol. The van der Waals surface area contributed by atoms with E-state index in [0.29, 0.717) is 22.2 Å². The molecule has 0 aliphatic carbocycles. The normalized spacial score (nSPS) is 12.1. The molecule has 0 saturated heterocycles. The van der Waals surface area contributed by atoms with Crippen molar-refractivity contribution in [1.29, 1.82) is 0 Å². The van der Waals surface area contributed by atoms with Crippen LogP contribution >= 0.6 is 0 Å². The molecule has 0 fully saturated rings. The molecule has 8 nitrogen and oxygen atoms in total. The van der Waals surface area contributed by atoms with E-state index in [-0.39, 0.29) is 33.9 Å². The standard InChI is InChI=1S/C27H28F2N4O4S/c1-16-24(37-23-8-9-30-22-7-6-17(10-20(22)23)15-38(5,35)36)12-21(28)19(26(16)29)11-25(34)32-18-13-31-33(14-18)27(2,3)4/h6-10,12-14H,11,15H2,1-5H3,(H,32,34). The third-order valence-corrected chi connectivity index (χ3v) is 6.67. The molecule has 38 heavy (non-hydrogen) atoms. The summed E-state index contributed by atoms with van der Waals surface area (Å²) in [4.78, 5) is 16.8. The van der Waals surface area contributed by atoms with Crippen LogP contribution in [0.4, 0.5) is 14.5 Å². The maximum Gasteiger partial charge on any atom is 0.229 e. The number of anilines is 1. The van der Waals surface area contributed by atoms with Gasteiger partial charge in [-0.05, 0) is 51.5 Å². The van der Waals surface area contributed by atoms with Gasteiger partial charge in [0.05, 0.1) is 35.1 Å². The van der Waals surface area contributed by atoms with E-state index in [0.717, 1.165) is 12.3 Å². The highest BCUT2D eigenvalue weighted by Gasteiger charge is 2.21. The van der Waals surface area contributed by atoms with Gasteiger partial charge in [-0.25, -0.2) is 17.2 Å². The number of carbonyl (C=O) groups is 1. The average molecular weight is 543 g/mol. The minimum absolute atomic E-state index is 0.0204. The molecule has 200 valence electrons. The number of halogens is 2. The number of sulfone groups is 1. The van der Waals surface area contributed by atoms with Crippen molar-refractivity contribution in [3.63, 3.8) is 0 Å².